The molecule has 2 aromatic heterocycles. The Labute approximate surface area is 224 Å². The number of oxime groups is 2. The van der Waals surface area contributed by atoms with Crippen LogP contribution in [0.4, 0.5) is 0 Å². The van der Waals surface area contributed by atoms with Crippen LogP contribution in [0, 0.1) is 0 Å². The first-order valence-corrected chi connectivity index (χ1v) is 11.2. The van der Waals surface area contributed by atoms with Gasteiger partial charge in [-0.25, -0.2) is 0 Å². The topological polar surface area (TPSA) is 107 Å². The largest absolute Gasteiger partial charge is 1.00 e. The van der Waals surface area contributed by atoms with Crippen molar-refractivity contribution in [2.24, 2.45) is 10.3 Å². The van der Waals surface area contributed by atoms with E-state index in [1.54, 1.807) is 82.5 Å². The van der Waals surface area contributed by atoms with Crippen molar-refractivity contribution in [2.75, 3.05) is 0 Å². The van der Waals surface area contributed by atoms with E-state index in [0.29, 0.717) is 22.3 Å². The first kappa shape index (κ1) is 27.1. The monoisotopic (exact) mass is 559 g/mol. The summed E-state index contributed by atoms with van der Waals surface area (Å²) in [5.41, 5.74) is 4.42. The molecular formula is C28H24BrN4O4+. The summed E-state index contributed by atoms with van der Waals surface area (Å²) in [6, 6.07) is 21.8. The molecule has 0 atom stereocenters. The summed E-state index contributed by atoms with van der Waals surface area (Å²) in [5.74, 6) is -0.0881. The normalized spacial score (nSPS) is 10.9. The number of Topliss-reactive ketones (excluding diaryl/α,β-unsaturated/α-hetero) is 2. The number of carbonyl (C=O) groups is 2. The molecule has 2 heterocycles. The van der Waals surface area contributed by atoms with Crippen LogP contribution in [0.2, 0.25) is 0 Å². The summed E-state index contributed by atoms with van der Waals surface area (Å²) in [4.78, 5) is 25.4. The van der Waals surface area contributed by atoms with Gasteiger partial charge in [0.1, 0.15) is 0 Å². The molecule has 0 saturated heterocycles. The molecule has 2 aromatic carbocycles. The van der Waals surface area contributed by atoms with E-state index >= 15 is 0 Å². The Morgan fingerprint density at radius 2 is 1.03 bits per heavy atom. The molecule has 4 aromatic rings. The van der Waals surface area contributed by atoms with Gasteiger partial charge >= 0.3 is 0 Å². The maximum absolute atomic E-state index is 12.7. The fourth-order valence-corrected chi connectivity index (χ4v) is 3.78. The number of benzene rings is 2. The quantitative estimate of drug-likeness (QED) is 0.101. The zero-order valence-corrected chi connectivity index (χ0v) is 21.3. The van der Waals surface area contributed by atoms with E-state index in [-0.39, 0.29) is 41.6 Å². The van der Waals surface area contributed by atoms with Gasteiger partial charge in [0.2, 0.25) is 24.7 Å². The Morgan fingerprint density at radius 1 is 0.649 bits per heavy atom. The van der Waals surface area contributed by atoms with Gasteiger partial charge < -0.3 is 27.4 Å². The van der Waals surface area contributed by atoms with Crippen LogP contribution in [0.25, 0.3) is 11.1 Å². The van der Waals surface area contributed by atoms with Gasteiger partial charge in [-0.1, -0.05) is 58.8 Å². The Morgan fingerprint density at radius 3 is 1.38 bits per heavy atom. The summed E-state index contributed by atoms with van der Waals surface area (Å²) in [5, 5.41) is 23.4. The second-order valence-electron chi connectivity index (χ2n) is 8.11. The first-order chi connectivity index (χ1) is 17.6. The van der Waals surface area contributed by atoms with E-state index in [9.17, 15) is 9.59 Å². The van der Waals surface area contributed by atoms with E-state index in [4.69, 9.17) is 10.4 Å². The molecule has 0 saturated carbocycles. The minimum absolute atomic E-state index is 0. The van der Waals surface area contributed by atoms with Crippen molar-refractivity contribution in [2.45, 2.75) is 13.1 Å². The zero-order chi connectivity index (χ0) is 25.3. The van der Waals surface area contributed by atoms with Crippen LogP contribution in [-0.2, 0) is 13.1 Å². The molecular weight excluding hydrogens is 536 g/mol. The average molecular weight is 560 g/mol. The van der Waals surface area contributed by atoms with E-state index < -0.39 is 0 Å². The molecule has 4 rings (SSSR count). The minimum Gasteiger partial charge on any atom is -1.00 e. The molecule has 0 bridgehead atoms. The summed E-state index contributed by atoms with van der Waals surface area (Å²) < 4.78 is 3.47. The number of rotatable bonds is 9. The van der Waals surface area contributed by atoms with Crippen LogP contribution in [-0.4, -0.2) is 34.4 Å². The highest BCUT2D eigenvalue weighted by atomic mass is 79.9. The maximum Gasteiger partial charge on any atom is 0.227 e. The van der Waals surface area contributed by atoms with Crippen LogP contribution in [0.1, 0.15) is 31.8 Å². The lowest BCUT2D eigenvalue weighted by Crippen LogP contribution is -3.00. The van der Waals surface area contributed by atoms with Crippen molar-refractivity contribution in [3.8, 4) is 11.1 Å². The van der Waals surface area contributed by atoms with Crippen LogP contribution in [0.3, 0.4) is 0 Å². The molecule has 8 nitrogen and oxygen atoms in total. The number of carbonyl (C=O) groups excluding carboxylic acids is 2. The van der Waals surface area contributed by atoms with E-state index in [1.165, 1.54) is 12.4 Å². The number of nitrogens with zero attached hydrogens (tertiary/aromatic N) is 4. The molecule has 0 unspecified atom stereocenters. The van der Waals surface area contributed by atoms with Gasteiger partial charge in [0.05, 0.1) is 23.6 Å². The Hall–Kier alpha value is -4.50. The minimum atomic E-state index is -0.0441. The van der Waals surface area contributed by atoms with Crippen LogP contribution < -0.4 is 26.1 Å². The molecule has 0 aliphatic rings. The van der Waals surface area contributed by atoms with Crippen molar-refractivity contribution in [1.82, 2.24) is 0 Å². The standard InChI is InChI=1S/C28H22N4O4.BrH/c33-27(19-31-13-1-3-21(17-31)15-29-35)25-9-5-23(6-10-25)24-7-11-26(12-8-24)28(34)20-32-14-2-4-22(18-32)16-30-36;/h1-18H,19-20H2;1H/p+1/b29-15-,30-16-;. The molecule has 0 radical (unpaired) electrons. The second kappa shape index (κ2) is 13.0. The number of pyridine rings is 2. The molecule has 0 amide bonds. The number of aromatic nitrogens is 2. The molecule has 37 heavy (non-hydrogen) atoms. The van der Waals surface area contributed by atoms with Gasteiger partial charge in [-0.15, -0.1) is 0 Å². The summed E-state index contributed by atoms with van der Waals surface area (Å²) >= 11 is 0. The highest BCUT2D eigenvalue weighted by molar-refractivity contribution is 5.96. The third-order valence-electron chi connectivity index (χ3n) is 5.58. The smallest absolute Gasteiger partial charge is 0.227 e. The summed E-state index contributed by atoms with van der Waals surface area (Å²) in [6.45, 7) is 0.327. The molecule has 0 spiro atoms. The molecule has 0 fully saturated rings. The summed E-state index contributed by atoms with van der Waals surface area (Å²) in [6.07, 6.45) is 9.63. The Bertz CT molecular complexity index is 1320. The molecule has 2 N–H and O–H groups in total. The highest BCUT2D eigenvalue weighted by Crippen LogP contribution is 2.21. The predicted molar refractivity (Wildman–Crippen MR) is 133 cm³/mol. The number of halogens is 1. The molecule has 186 valence electrons. The van der Waals surface area contributed by atoms with Crippen LogP contribution >= 0.6 is 0 Å². The van der Waals surface area contributed by atoms with Gasteiger partial charge in [0, 0.05) is 23.3 Å². The van der Waals surface area contributed by atoms with Gasteiger partial charge in [0.25, 0.3) is 0 Å². The number of hydrogen-bond donors (Lipinski definition) is 2. The van der Waals surface area contributed by atoms with Crippen molar-refractivity contribution in [3.05, 3.63) is 120 Å². The Kier molecular flexibility index (Phi) is 9.51. The third kappa shape index (κ3) is 7.25. The van der Waals surface area contributed by atoms with Gasteiger partial charge in [-0.2, -0.15) is 9.13 Å². The maximum atomic E-state index is 12.7. The lowest BCUT2D eigenvalue weighted by molar-refractivity contribution is -0.683. The van der Waals surface area contributed by atoms with Crippen molar-refractivity contribution >= 4 is 24.0 Å². The third-order valence-corrected chi connectivity index (χ3v) is 5.58. The first-order valence-electron chi connectivity index (χ1n) is 11.2. The van der Waals surface area contributed by atoms with E-state index in [0.717, 1.165) is 11.1 Å². The lowest BCUT2D eigenvalue weighted by Gasteiger charge is -2.05. The van der Waals surface area contributed by atoms with Crippen molar-refractivity contribution in [3.63, 3.8) is 0 Å². The lowest BCUT2D eigenvalue weighted by atomic mass is 10.00. The number of hydrogen-bond acceptors (Lipinski definition) is 6. The summed E-state index contributed by atoms with van der Waals surface area (Å²) in [7, 11) is 0. The predicted octanol–water partition coefficient (Wildman–Crippen LogP) is 0.315. The molecule has 0 aliphatic heterocycles. The van der Waals surface area contributed by atoms with Crippen LogP contribution in [0.15, 0.2) is 108 Å². The van der Waals surface area contributed by atoms with Crippen molar-refractivity contribution < 1.29 is 46.1 Å². The highest BCUT2D eigenvalue weighted by Gasteiger charge is 2.14. The number of ketones is 2. The van der Waals surface area contributed by atoms with Gasteiger partial charge in [-0.05, 0) is 23.3 Å². The molecule has 9 heteroatoms. The van der Waals surface area contributed by atoms with E-state index in [1.807, 2.05) is 24.3 Å². The second-order valence-corrected chi connectivity index (χ2v) is 8.11. The molecule has 0 aliphatic carbocycles. The zero-order valence-electron chi connectivity index (χ0n) is 19.7. The van der Waals surface area contributed by atoms with Gasteiger partial charge in [-0.3, -0.25) is 9.59 Å². The average Bonchev–Trinajstić information content (AvgIpc) is 2.90. The van der Waals surface area contributed by atoms with Crippen molar-refractivity contribution in [1.29, 1.82) is 0 Å². The fourth-order valence-electron chi connectivity index (χ4n) is 3.78. The fraction of sp³-hybridized carbons (Fsp3) is 0.0714. The van der Waals surface area contributed by atoms with E-state index in [2.05, 4.69) is 10.3 Å². The SMILES string of the molecule is O=C(C[n+]1cccc(/C=N\O)c1)c1ccc(-c2ccc(C(=O)C[n+]3cccc(/C=N\O)c3)cc2)cc1.[Br-]. The Balaban J connectivity index is 0.00000380. The van der Waals surface area contributed by atoms with Gasteiger partial charge in [0.15, 0.2) is 24.8 Å². The van der Waals surface area contributed by atoms with Crippen LogP contribution in [0.5, 0.6) is 0 Å².